The summed E-state index contributed by atoms with van der Waals surface area (Å²) in [5.74, 6) is 0.688. The first-order chi connectivity index (χ1) is 8.10. The second-order valence-electron chi connectivity index (χ2n) is 3.44. The van der Waals surface area contributed by atoms with Gasteiger partial charge in [-0.2, -0.15) is 5.10 Å². The van der Waals surface area contributed by atoms with Crippen molar-refractivity contribution in [2.45, 2.75) is 6.92 Å². The molecular weight excluding hydrogens is 333 g/mol. The van der Waals surface area contributed by atoms with Crippen molar-refractivity contribution in [2.75, 3.05) is 0 Å². The van der Waals surface area contributed by atoms with Crippen LogP contribution in [0.5, 0.6) is 0 Å². The zero-order valence-corrected chi connectivity index (χ0v) is 11.2. The third-order valence-corrected chi connectivity index (χ3v) is 2.69. The first-order valence-corrected chi connectivity index (χ1v) is 5.85. The highest BCUT2D eigenvalue weighted by molar-refractivity contribution is 14.1. The van der Waals surface area contributed by atoms with Crippen LogP contribution in [0.4, 0.5) is 0 Å². The van der Waals surface area contributed by atoms with Crippen LogP contribution in [0.25, 0.3) is 5.82 Å². The maximum Gasteiger partial charge on any atom is 0.170 e. The van der Waals surface area contributed by atoms with Gasteiger partial charge in [-0.15, -0.1) is 0 Å². The van der Waals surface area contributed by atoms with Crippen LogP contribution < -0.4 is 5.73 Å². The summed E-state index contributed by atoms with van der Waals surface area (Å²) in [5, 5.41) is 15.8. The summed E-state index contributed by atoms with van der Waals surface area (Å²) in [6, 6.07) is 3.46. The number of amidine groups is 1. The molecule has 2 rings (SSSR count). The van der Waals surface area contributed by atoms with Crippen molar-refractivity contribution in [3.8, 4) is 5.82 Å². The summed E-state index contributed by atoms with van der Waals surface area (Å²) in [4.78, 5) is 4.34. The molecule has 0 atom stereocenters. The van der Waals surface area contributed by atoms with Crippen LogP contribution in [0, 0.1) is 10.5 Å². The normalized spacial score (nSPS) is 11.8. The van der Waals surface area contributed by atoms with Crippen LogP contribution >= 0.6 is 22.6 Å². The van der Waals surface area contributed by atoms with E-state index < -0.39 is 0 Å². The van der Waals surface area contributed by atoms with E-state index in [-0.39, 0.29) is 5.84 Å². The van der Waals surface area contributed by atoms with Crippen molar-refractivity contribution in [3.05, 3.63) is 39.4 Å². The van der Waals surface area contributed by atoms with Gasteiger partial charge in [0, 0.05) is 17.5 Å². The van der Waals surface area contributed by atoms with Crippen LogP contribution in [0.1, 0.15) is 11.3 Å². The van der Waals surface area contributed by atoms with Gasteiger partial charge in [0.25, 0.3) is 0 Å². The minimum Gasteiger partial charge on any atom is -0.409 e. The monoisotopic (exact) mass is 343 g/mol. The first kappa shape index (κ1) is 11.8. The average molecular weight is 343 g/mol. The lowest BCUT2D eigenvalue weighted by molar-refractivity contribution is 0.318. The van der Waals surface area contributed by atoms with Crippen molar-refractivity contribution in [3.63, 3.8) is 0 Å². The van der Waals surface area contributed by atoms with Gasteiger partial charge in [-0.3, -0.25) is 0 Å². The van der Waals surface area contributed by atoms with E-state index in [1.54, 1.807) is 23.0 Å². The molecule has 0 radical (unpaired) electrons. The van der Waals surface area contributed by atoms with Crippen LogP contribution in [0.2, 0.25) is 0 Å². The molecule has 17 heavy (non-hydrogen) atoms. The Morgan fingerprint density at radius 2 is 2.29 bits per heavy atom. The van der Waals surface area contributed by atoms with E-state index in [2.05, 4.69) is 37.8 Å². The smallest absolute Gasteiger partial charge is 0.170 e. The maximum absolute atomic E-state index is 8.66. The van der Waals surface area contributed by atoms with Crippen LogP contribution in [-0.2, 0) is 0 Å². The lowest BCUT2D eigenvalue weighted by Crippen LogP contribution is -2.14. The molecule has 3 N–H and O–H groups in total. The maximum atomic E-state index is 8.66. The Bertz CT molecular complexity index is 578. The summed E-state index contributed by atoms with van der Waals surface area (Å²) < 4.78 is 2.65. The Kier molecular flexibility index (Phi) is 3.27. The number of halogens is 1. The molecule has 0 unspecified atom stereocenters. The zero-order valence-electron chi connectivity index (χ0n) is 9.00. The van der Waals surface area contributed by atoms with Gasteiger partial charge < -0.3 is 10.9 Å². The molecule has 2 aromatic rings. The van der Waals surface area contributed by atoms with E-state index in [4.69, 9.17) is 10.9 Å². The topological polar surface area (TPSA) is 89.3 Å². The second kappa shape index (κ2) is 4.70. The number of nitrogens with zero attached hydrogens (tertiary/aromatic N) is 4. The molecule has 0 aromatic carbocycles. The van der Waals surface area contributed by atoms with E-state index in [0.29, 0.717) is 11.4 Å². The van der Waals surface area contributed by atoms with Gasteiger partial charge in [-0.05, 0) is 41.6 Å². The molecule has 0 aliphatic carbocycles. The number of oxime groups is 1. The summed E-state index contributed by atoms with van der Waals surface area (Å²) in [7, 11) is 0. The van der Waals surface area contributed by atoms with Crippen molar-refractivity contribution < 1.29 is 5.21 Å². The van der Waals surface area contributed by atoms with Gasteiger partial charge in [0.2, 0.25) is 0 Å². The van der Waals surface area contributed by atoms with Crippen molar-refractivity contribution in [1.29, 1.82) is 0 Å². The van der Waals surface area contributed by atoms with Gasteiger partial charge in [0.15, 0.2) is 11.7 Å². The molecule has 88 valence electrons. The van der Waals surface area contributed by atoms with Crippen LogP contribution in [0.3, 0.4) is 0 Å². The van der Waals surface area contributed by atoms with Gasteiger partial charge in [0.1, 0.15) is 0 Å². The summed E-state index contributed by atoms with van der Waals surface area (Å²) >= 11 is 2.17. The number of nitrogens with two attached hydrogens (primary N) is 1. The largest absolute Gasteiger partial charge is 0.409 e. The molecule has 2 heterocycles. The fraction of sp³-hybridized carbons (Fsp3) is 0.100. The fourth-order valence-electron chi connectivity index (χ4n) is 1.40. The lowest BCUT2D eigenvalue weighted by Gasteiger charge is -2.05. The van der Waals surface area contributed by atoms with Gasteiger partial charge in [-0.25, -0.2) is 9.67 Å². The Morgan fingerprint density at radius 1 is 1.53 bits per heavy atom. The average Bonchev–Trinajstić information content (AvgIpc) is 2.74. The molecule has 0 fully saturated rings. The Morgan fingerprint density at radius 3 is 2.88 bits per heavy atom. The predicted octanol–water partition coefficient (Wildman–Crippen LogP) is 1.27. The number of pyridine rings is 1. The van der Waals surface area contributed by atoms with Gasteiger partial charge >= 0.3 is 0 Å². The van der Waals surface area contributed by atoms with Crippen molar-refractivity contribution >= 4 is 28.4 Å². The molecule has 7 heteroatoms. The number of aryl methyl sites for hydroxylation is 1. The molecule has 0 saturated carbocycles. The van der Waals surface area contributed by atoms with E-state index in [1.165, 1.54) is 0 Å². The predicted molar refractivity (Wildman–Crippen MR) is 71.3 cm³/mol. The van der Waals surface area contributed by atoms with Crippen LogP contribution in [-0.4, -0.2) is 25.8 Å². The highest BCUT2D eigenvalue weighted by Crippen LogP contribution is 2.11. The summed E-state index contributed by atoms with van der Waals surface area (Å²) in [6.45, 7) is 1.84. The standard InChI is InChI=1S/C10H10IN5O/c1-6-2-7(10(12)15-17)3-9(14-6)16-5-8(11)4-13-16/h2-5,17H,1H3,(H2,12,15). The minimum atomic E-state index is 0.0543. The quantitative estimate of drug-likeness (QED) is 0.283. The Hall–Kier alpha value is -1.64. The fourth-order valence-corrected chi connectivity index (χ4v) is 1.79. The molecule has 6 nitrogen and oxygen atoms in total. The SMILES string of the molecule is Cc1cc(/C(N)=N/O)cc(-n2cc(I)cn2)n1. The summed E-state index contributed by atoms with van der Waals surface area (Å²) in [5.41, 5.74) is 6.94. The van der Waals surface area contributed by atoms with Gasteiger partial charge in [-0.1, -0.05) is 5.16 Å². The van der Waals surface area contributed by atoms with Gasteiger partial charge in [0.05, 0.1) is 9.77 Å². The molecule has 0 aliphatic rings. The highest BCUT2D eigenvalue weighted by Gasteiger charge is 2.06. The van der Waals surface area contributed by atoms with Crippen LogP contribution in [0.15, 0.2) is 29.7 Å². The third kappa shape index (κ3) is 2.54. The van der Waals surface area contributed by atoms with E-state index >= 15 is 0 Å². The van der Waals surface area contributed by atoms with E-state index in [1.807, 2.05) is 13.1 Å². The molecule has 0 spiro atoms. The Balaban J connectivity index is 2.52. The first-order valence-electron chi connectivity index (χ1n) is 4.77. The molecule has 0 aliphatic heterocycles. The van der Waals surface area contributed by atoms with Crippen molar-refractivity contribution in [2.24, 2.45) is 10.9 Å². The zero-order chi connectivity index (χ0) is 12.4. The Labute approximate surface area is 111 Å². The molecule has 0 saturated heterocycles. The number of rotatable bonds is 2. The van der Waals surface area contributed by atoms with E-state index in [0.717, 1.165) is 9.26 Å². The second-order valence-corrected chi connectivity index (χ2v) is 4.69. The van der Waals surface area contributed by atoms with Crippen molar-refractivity contribution in [1.82, 2.24) is 14.8 Å². The lowest BCUT2D eigenvalue weighted by atomic mass is 10.2. The molecule has 0 amide bonds. The third-order valence-electron chi connectivity index (χ3n) is 2.13. The molecular formula is C10H10IN5O. The number of hydrogen-bond donors (Lipinski definition) is 2. The highest BCUT2D eigenvalue weighted by atomic mass is 127. The van der Waals surface area contributed by atoms with E-state index in [9.17, 15) is 0 Å². The minimum absolute atomic E-state index is 0.0543. The summed E-state index contributed by atoms with van der Waals surface area (Å²) in [6.07, 6.45) is 3.58. The molecule has 0 bridgehead atoms. The number of aromatic nitrogens is 3. The molecule has 2 aromatic heterocycles. The number of hydrogen-bond acceptors (Lipinski definition) is 4.